The summed E-state index contributed by atoms with van der Waals surface area (Å²) < 4.78 is 4.74. The fourth-order valence-electron chi connectivity index (χ4n) is 1.56. The molecule has 1 rings (SSSR count). The van der Waals surface area contributed by atoms with E-state index < -0.39 is 17.5 Å². The molecule has 0 saturated heterocycles. The molecule has 20 heavy (non-hydrogen) atoms. The van der Waals surface area contributed by atoms with Gasteiger partial charge in [0.05, 0.1) is 12.2 Å². The van der Waals surface area contributed by atoms with Gasteiger partial charge in [0, 0.05) is 5.57 Å². The summed E-state index contributed by atoms with van der Waals surface area (Å²) in [6.45, 7) is 4.80. The summed E-state index contributed by atoms with van der Waals surface area (Å²) >= 11 is 0. The summed E-state index contributed by atoms with van der Waals surface area (Å²) in [6, 6.07) is 9.26. The minimum Gasteiger partial charge on any atom is -0.504 e. The van der Waals surface area contributed by atoms with Crippen LogP contribution in [0.3, 0.4) is 0 Å². The molecular weight excluding hydrogens is 256 g/mol. The van der Waals surface area contributed by atoms with Crippen molar-refractivity contribution in [2.45, 2.75) is 20.8 Å². The van der Waals surface area contributed by atoms with Crippen LogP contribution in [0.2, 0.25) is 0 Å². The van der Waals surface area contributed by atoms with Crippen molar-refractivity contribution in [3.63, 3.8) is 0 Å². The number of ketones is 1. The molecule has 0 radical (unpaired) electrons. The van der Waals surface area contributed by atoms with Gasteiger partial charge in [-0.2, -0.15) is 0 Å². The average Bonchev–Trinajstić information content (AvgIpc) is 2.46. The number of aliphatic hydroxyl groups excluding tert-OH is 1. The first-order valence-electron chi connectivity index (χ1n) is 6.32. The standard InChI is InChI=1S/C16H18O4/c1-4-20-16(19)12(3)15(18)14(17)11(2)10-13-8-6-5-7-9-13/h5-10,18H,4H2,1-3H3/b11-10+,15-12-. The Hall–Kier alpha value is -2.36. The molecule has 0 spiro atoms. The van der Waals surface area contributed by atoms with Crippen LogP contribution in [0.4, 0.5) is 0 Å². The topological polar surface area (TPSA) is 63.6 Å². The highest BCUT2D eigenvalue weighted by Gasteiger charge is 2.18. The Morgan fingerprint density at radius 1 is 1.20 bits per heavy atom. The van der Waals surface area contributed by atoms with Crippen molar-refractivity contribution in [2.75, 3.05) is 6.61 Å². The summed E-state index contributed by atoms with van der Waals surface area (Å²) in [5, 5.41) is 9.82. The lowest BCUT2D eigenvalue weighted by Crippen LogP contribution is -2.13. The quantitative estimate of drug-likeness (QED) is 0.509. The van der Waals surface area contributed by atoms with Crippen molar-refractivity contribution < 1.29 is 19.4 Å². The highest BCUT2D eigenvalue weighted by Crippen LogP contribution is 2.13. The molecule has 0 saturated carbocycles. The zero-order valence-corrected chi connectivity index (χ0v) is 11.8. The van der Waals surface area contributed by atoms with E-state index in [2.05, 4.69) is 0 Å². The van der Waals surface area contributed by atoms with E-state index in [1.807, 2.05) is 30.3 Å². The molecule has 1 aromatic rings. The Balaban J connectivity index is 2.97. The average molecular weight is 274 g/mol. The van der Waals surface area contributed by atoms with E-state index in [0.29, 0.717) is 5.57 Å². The molecule has 0 aliphatic rings. The van der Waals surface area contributed by atoms with Gasteiger partial charge in [0.1, 0.15) is 0 Å². The first kappa shape index (κ1) is 15.7. The Labute approximate surface area is 118 Å². The van der Waals surface area contributed by atoms with Gasteiger partial charge in [-0.25, -0.2) is 4.79 Å². The number of aliphatic hydroxyl groups is 1. The minimum atomic E-state index is -0.689. The predicted molar refractivity (Wildman–Crippen MR) is 77.1 cm³/mol. The molecule has 0 aliphatic carbocycles. The SMILES string of the molecule is CCOC(=O)/C(C)=C(\O)C(=O)/C(C)=C/c1ccccc1. The zero-order chi connectivity index (χ0) is 15.1. The van der Waals surface area contributed by atoms with E-state index in [1.165, 1.54) is 6.92 Å². The predicted octanol–water partition coefficient (Wildman–Crippen LogP) is 3.05. The van der Waals surface area contributed by atoms with Gasteiger partial charge in [-0.15, -0.1) is 0 Å². The normalized spacial score (nSPS) is 12.7. The molecule has 4 nitrogen and oxygen atoms in total. The second kappa shape index (κ2) is 7.28. The number of rotatable bonds is 5. The second-order valence-corrected chi connectivity index (χ2v) is 4.26. The Morgan fingerprint density at radius 2 is 1.80 bits per heavy atom. The lowest BCUT2D eigenvalue weighted by molar-refractivity contribution is -0.139. The van der Waals surface area contributed by atoms with Gasteiger partial charge in [-0.1, -0.05) is 30.3 Å². The van der Waals surface area contributed by atoms with Crippen LogP contribution in [-0.4, -0.2) is 23.5 Å². The largest absolute Gasteiger partial charge is 0.504 e. The molecule has 1 N–H and O–H groups in total. The van der Waals surface area contributed by atoms with Gasteiger partial charge in [-0.05, 0) is 32.4 Å². The summed E-state index contributed by atoms with van der Waals surface area (Å²) in [6.07, 6.45) is 1.65. The number of hydrogen-bond donors (Lipinski definition) is 1. The van der Waals surface area contributed by atoms with Crippen LogP contribution >= 0.6 is 0 Å². The molecule has 0 unspecified atom stereocenters. The van der Waals surface area contributed by atoms with Crippen molar-refractivity contribution in [3.8, 4) is 0 Å². The number of benzene rings is 1. The van der Waals surface area contributed by atoms with E-state index in [9.17, 15) is 14.7 Å². The van der Waals surface area contributed by atoms with Gasteiger partial charge >= 0.3 is 5.97 Å². The zero-order valence-electron chi connectivity index (χ0n) is 11.8. The van der Waals surface area contributed by atoms with Crippen molar-refractivity contribution in [2.24, 2.45) is 0 Å². The van der Waals surface area contributed by atoms with E-state index in [0.717, 1.165) is 5.56 Å². The van der Waals surface area contributed by atoms with E-state index in [4.69, 9.17) is 4.74 Å². The number of hydrogen-bond acceptors (Lipinski definition) is 4. The molecule has 0 aromatic heterocycles. The lowest BCUT2D eigenvalue weighted by atomic mass is 10.1. The van der Waals surface area contributed by atoms with Gasteiger partial charge < -0.3 is 9.84 Å². The molecular formula is C16H18O4. The molecule has 106 valence electrons. The summed E-state index contributed by atoms with van der Waals surface area (Å²) in [5.41, 5.74) is 1.11. The maximum atomic E-state index is 12.0. The number of allylic oxidation sites excluding steroid dienone is 1. The highest BCUT2D eigenvalue weighted by molar-refractivity contribution is 6.12. The third-order valence-corrected chi connectivity index (χ3v) is 2.69. The number of carbonyl (C=O) groups excluding carboxylic acids is 2. The first-order chi connectivity index (χ1) is 9.47. The summed E-state index contributed by atoms with van der Waals surface area (Å²) in [7, 11) is 0. The lowest BCUT2D eigenvalue weighted by Gasteiger charge is -2.05. The third-order valence-electron chi connectivity index (χ3n) is 2.69. The van der Waals surface area contributed by atoms with E-state index in [1.54, 1.807) is 19.9 Å². The number of carbonyl (C=O) groups is 2. The van der Waals surface area contributed by atoms with Crippen molar-refractivity contribution in [3.05, 3.63) is 52.8 Å². The van der Waals surface area contributed by atoms with E-state index >= 15 is 0 Å². The van der Waals surface area contributed by atoms with Crippen molar-refractivity contribution in [1.29, 1.82) is 0 Å². The maximum absolute atomic E-state index is 12.0. The first-order valence-corrected chi connectivity index (χ1v) is 6.32. The smallest absolute Gasteiger partial charge is 0.337 e. The Morgan fingerprint density at radius 3 is 2.35 bits per heavy atom. The van der Waals surface area contributed by atoms with Crippen LogP contribution in [0.15, 0.2) is 47.2 Å². The minimum absolute atomic E-state index is 0.0855. The third kappa shape index (κ3) is 4.09. The van der Waals surface area contributed by atoms with Crippen molar-refractivity contribution >= 4 is 17.8 Å². The molecule has 1 aromatic carbocycles. The Kier molecular flexibility index (Phi) is 5.72. The molecule has 0 amide bonds. The molecule has 4 heteroatoms. The molecule has 0 fully saturated rings. The van der Waals surface area contributed by atoms with Crippen LogP contribution in [0.1, 0.15) is 26.3 Å². The molecule has 0 bridgehead atoms. The van der Waals surface area contributed by atoms with E-state index in [-0.39, 0.29) is 12.2 Å². The summed E-state index contributed by atoms with van der Waals surface area (Å²) in [5.74, 6) is -1.85. The Bertz CT molecular complexity index is 553. The van der Waals surface area contributed by atoms with Crippen LogP contribution in [0, 0.1) is 0 Å². The van der Waals surface area contributed by atoms with Gasteiger partial charge in [0.15, 0.2) is 5.76 Å². The maximum Gasteiger partial charge on any atom is 0.337 e. The van der Waals surface area contributed by atoms with Gasteiger partial charge in [0.25, 0.3) is 0 Å². The van der Waals surface area contributed by atoms with Crippen LogP contribution in [-0.2, 0) is 14.3 Å². The molecule has 0 aliphatic heterocycles. The van der Waals surface area contributed by atoms with Crippen LogP contribution in [0.5, 0.6) is 0 Å². The highest BCUT2D eigenvalue weighted by atomic mass is 16.5. The summed E-state index contributed by atoms with van der Waals surface area (Å²) in [4.78, 5) is 23.5. The monoisotopic (exact) mass is 274 g/mol. The number of esters is 1. The molecule has 0 atom stereocenters. The fourth-order valence-corrected chi connectivity index (χ4v) is 1.56. The van der Waals surface area contributed by atoms with Gasteiger partial charge in [0.2, 0.25) is 5.78 Å². The van der Waals surface area contributed by atoms with Crippen LogP contribution < -0.4 is 0 Å². The number of ether oxygens (including phenoxy) is 1. The van der Waals surface area contributed by atoms with Gasteiger partial charge in [-0.3, -0.25) is 4.79 Å². The van der Waals surface area contributed by atoms with Crippen LogP contribution in [0.25, 0.3) is 6.08 Å². The number of Topliss-reactive ketones (excluding diaryl/α,β-unsaturated/α-hetero) is 1. The molecule has 0 heterocycles. The second-order valence-electron chi connectivity index (χ2n) is 4.26. The fraction of sp³-hybridized carbons (Fsp3) is 0.250. The van der Waals surface area contributed by atoms with Crippen molar-refractivity contribution in [1.82, 2.24) is 0 Å².